The van der Waals surface area contributed by atoms with Crippen LogP contribution in [0.5, 0.6) is 0 Å². The van der Waals surface area contributed by atoms with Crippen molar-refractivity contribution in [3.05, 3.63) is 24.0 Å². The Hall–Kier alpha value is -1.13. The fraction of sp³-hybridized carbons (Fsp3) is 0.643. The van der Waals surface area contributed by atoms with Crippen molar-refractivity contribution in [3.8, 4) is 0 Å². The summed E-state index contributed by atoms with van der Waals surface area (Å²) in [6, 6.07) is 2.00. The van der Waals surface area contributed by atoms with Gasteiger partial charge in [-0.25, -0.2) is 0 Å². The third-order valence-corrected chi connectivity index (χ3v) is 3.93. The van der Waals surface area contributed by atoms with E-state index in [0.717, 1.165) is 37.1 Å². The molecule has 0 aliphatic heterocycles. The predicted octanol–water partition coefficient (Wildman–Crippen LogP) is 2.27. The van der Waals surface area contributed by atoms with E-state index in [9.17, 15) is 0 Å². The minimum atomic E-state index is -0.105. The van der Waals surface area contributed by atoms with E-state index < -0.39 is 0 Å². The number of nitrogens with one attached hydrogen (secondary N) is 1. The van der Waals surface area contributed by atoms with Crippen molar-refractivity contribution in [2.75, 3.05) is 19.4 Å². The van der Waals surface area contributed by atoms with Gasteiger partial charge in [-0.15, -0.1) is 0 Å². The molecule has 1 heterocycles. The third-order valence-electron chi connectivity index (χ3n) is 3.93. The molecule has 1 aromatic heterocycles. The number of methoxy groups -OCH3 is 1. The highest BCUT2D eigenvalue weighted by atomic mass is 16.5. The number of aromatic nitrogens is 1. The second-order valence-electron chi connectivity index (χ2n) is 5.01. The zero-order valence-electron chi connectivity index (χ0n) is 11.3. The summed E-state index contributed by atoms with van der Waals surface area (Å²) in [7, 11) is 1.80. The first-order valence-corrected chi connectivity index (χ1v) is 6.71. The lowest BCUT2D eigenvalue weighted by Gasteiger charge is -2.47. The molecule has 0 aromatic carbocycles. The molecular weight excluding hydrogens is 226 g/mol. The van der Waals surface area contributed by atoms with E-state index in [-0.39, 0.29) is 11.6 Å². The number of hydrogen-bond donors (Lipinski definition) is 2. The van der Waals surface area contributed by atoms with Gasteiger partial charge in [-0.3, -0.25) is 4.98 Å². The smallest absolute Gasteiger partial charge is 0.0873 e. The quantitative estimate of drug-likeness (QED) is 0.812. The molecule has 1 unspecified atom stereocenters. The standard InChI is InChI=1S/C14H23N3O/c1-3-8-17-13(14(18-2)6-4-7-14)11-10-16-9-5-12(11)15/h5,9-10,13,17H,3-4,6-8H2,1-2H3,(H2,15,16). The topological polar surface area (TPSA) is 60.2 Å². The van der Waals surface area contributed by atoms with Crippen LogP contribution in [-0.2, 0) is 4.74 Å². The Labute approximate surface area is 109 Å². The van der Waals surface area contributed by atoms with E-state index in [1.165, 1.54) is 6.42 Å². The van der Waals surface area contributed by atoms with Crippen LogP contribution in [0.3, 0.4) is 0 Å². The second kappa shape index (κ2) is 5.67. The van der Waals surface area contributed by atoms with Crippen LogP contribution in [0.1, 0.15) is 44.2 Å². The van der Waals surface area contributed by atoms with E-state index >= 15 is 0 Å². The molecule has 0 amide bonds. The maximum Gasteiger partial charge on any atom is 0.0873 e. The summed E-state index contributed by atoms with van der Waals surface area (Å²) < 4.78 is 5.80. The molecule has 4 nitrogen and oxygen atoms in total. The van der Waals surface area contributed by atoms with Gasteiger partial charge in [0, 0.05) is 30.8 Å². The van der Waals surface area contributed by atoms with Crippen molar-refractivity contribution in [2.24, 2.45) is 0 Å². The van der Waals surface area contributed by atoms with Crippen LogP contribution in [0, 0.1) is 0 Å². The normalized spacial score (nSPS) is 19.2. The maximum absolute atomic E-state index is 6.09. The Balaban J connectivity index is 2.27. The maximum atomic E-state index is 6.09. The molecule has 3 N–H and O–H groups in total. The molecule has 1 aromatic rings. The summed E-state index contributed by atoms with van der Waals surface area (Å²) >= 11 is 0. The number of anilines is 1. The second-order valence-corrected chi connectivity index (χ2v) is 5.01. The molecule has 2 rings (SSSR count). The van der Waals surface area contributed by atoms with Crippen LogP contribution < -0.4 is 11.1 Å². The molecule has 1 aliphatic rings. The molecule has 100 valence electrons. The lowest BCUT2D eigenvalue weighted by atomic mass is 9.72. The predicted molar refractivity (Wildman–Crippen MR) is 73.3 cm³/mol. The van der Waals surface area contributed by atoms with Gasteiger partial charge < -0.3 is 15.8 Å². The van der Waals surface area contributed by atoms with Gasteiger partial charge in [0.25, 0.3) is 0 Å². The number of hydrogen-bond acceptors (Lipinski definition) is 4. The monoisotopic (exact) mass is 249 g/mol. The largest absolute Gasteiger partial charge is 0.398 e. The third kappa shape index (κ3) is 2.35. The highest BCUT2D eigenvalue weighted by Crippen LogP contribution is 2.45. The summed E-state index contributed by atoms with van der Waals surface area (Å²) in [5, 5.41) is 3.58. The fourth-order valence-corrected chi connectivity index (χ4v) is 2.66. The van der Waals surface area contributed by atoms with Crippen LogP contribution in [0.15, 0.2) is 18.5 Å². The Morgan fingerprint density at radius 1 is 1.56 bits per heavy atom. The average Bonchev–Trinajstić information content (AvgIpc) is 2.33. The molecule has 1 atom stereocenters. The summed E-state index contributed by atoms with van der Waals surface area (Å²) in [5.74, 6) is 0. The SMILES string of the molecule is CCCNC(c1cnccc1N)C1(OC)CCC1. The Morgan fingerprint density at radius 3 is 2.83 bits per heavy atom. The van der Waals surface area contributed by atoms with Crippen molar-refractivity contribution in [1.82, 2.24) is 10.3 Å². The van der Waals surface area contributed by atoms with Crippen molar-refractivity contribution in [1.29, 1.82) is 0 Å². The van der Waals surface area contributed by atoms with Crippen molar-refractivity contribution in [2.45, 2.75) is 44.2 Å². The van der Waals surface area contributed by atoms with E-state index in [4.69, 9.17) is 10.5 Å². The van der Waals surface area contributed by atoms with Crippen molar-refractivity contribution < 1.29 is 4.74 Å². The summed E-state index contributed by atoms with van der Waals surface area (Å²) in [4.78, 5) is 4.21. The van der Waals surface area contributed by atoms with Crippen LogP contribution in [0.4, 0.5) is 5.69 Å². The number of nitrogen functional groups attached to an aromatic ring is 1. The first kappa shape index (κ1) is 13.3. The van der Waals surface area contributed by atoms with Gasteiger partial charge in [-0.1, -0.05) is 6.92 Å². The summed E-state index contributed by atoms with van der Waals surface area (Å²) in [6.45, 7) is 3.13. The van der Waals surface area contributed by atoms with Gasteiger partial charge in [-0.05, 0) is 38.3 Å². The summed E-state index contributed by atoms with van der Waals surface area (Å²) in [5.41, 5.74) is 7.84. The van der Waals surface area contributed by atoms with Gasteiger partial charge in [0.2, 0.25) is 0 Å². The molecule has 1 fully saturated rings. The first-order valence-electron chi connectivity index (χ1n) is 6.71. The van der Waals surface area contributed by atoms with Crippen LogP contribution in [-0.4, -0.2) is 24.2 Å². The highest BCUT2D eigenvalue weighted by molar-refractivity contribution is 5.47. The Bertz CT molecular complexity index is 385. The number of pyridine rings is 1. The van der Waals surface area contributed by atoms with Crippen LogP contribution >= 0.6 is 0 Å². The van der Waals surface area contributed by atoms with Gasteiger partial charge in [0.1, 0.15) is 0 Å². The Morgan fingerprint density at radius 2 is 2.33 bits per heavy atom. The minimum absolute atomic E-state index is 0.105. The summed E-state index contributed by atoms with van der Waals surface area (Å²) in [6.07, 6.45) is 8.07. The average molecular weight is 249 g/mol. The number of rotatable bonds is 6. The van der Waals surface area contributed by atoms with Gasteiger partial charge in [0.15, 0.2) is 0 Å². The number of nitrogens with two attached hydrogens (primary N) is 1. The minimum Gasteiger partial charge on any atom is -0.398 e. The lowest BCUT2D eigenvalue weighted by molar-refractivity contribution is -0.0996. The molecule has 0 spiro atoms. The number of ether oxygens (including phenoxy) is 1. The van der Waals surface area contributed by atoms with E-state index in [1.54, 1.807) is 13.3 Å². The van der Waals surface area contributed by atoms with Gasteiger partial charge >= 0.3 is 0 Å². The fourth-order valence-electron chi connectivity index (χ4n) is 2.66. The lowest BCUT2D eigenvalue weighted by Crippen LogP contribution is -2.51. The van der Waals surface area contributed by atoms with E-state index in [2.05, 4.69) is 17.2 Å². The zero-order chi connectivity index (χ0) is 13.0. The zero-order valence-corrected chi connectivity index (χ0v) is 11.3. The molecule has 0 saturated heterocycles. The van der Waals surface area contributed by atoms with Gasteiger partial charge in [0.05, 0.1) is 11.6 Å². The van der Waals surface area contributed by atoms with E-state index in [1.807, 2.05) is 12.3 Å². The highest BCUT2D eigenvalue weighted by Gasteiger charge is 2.45. The molecule has 1 saturated carbocycles. The van der Waals surface area contributed by atoms with Crippen molar-refractivity contribution >= 4 is 5.69 Å². The van der Waals surface area contributed by atoms with Gasteiger partial charge in [-0.2, -0.15) is 0 Å². The van der Waals surface area contributed by atoms with Crippen LogP contribution in [0.25, 0.3) is 0 Å². The molecule has 0 bridgehead atoms. The van der Waals surface area contributed by atoms with Crippen LogP contribution in [0.2, 0.25) is 0 Å². The molecular formula is C14H23N3O. The van der Waals surface area contributed by atoms with Crippen molar-refractivity contribution in [3.63, 3.8) is 0 Å². The molecule has 0 radical (unpaired) electrons. The molecule has 4 heteroatoms. The molecule has 18 heavy (non-hydrogen) atoms. The first-order chi connectivity index (χ1) is 8.73. The number of nitrogens with zero attached hydrogens (tertiary/aromatic N) is 1. The molecule has 1 aliphatic carbocycles. The van der Waals surface area contributed by atoms with E-state index in [0.29, 0.717) is 0 Å². The Kier molecular flexibility index (Phi) is 4.19.